The van der Waals surface area contributed by atoms with Crippen molar-refractivity contribution in [2.45, 2.75) is 133 Å². The molecule has 0 fully saturated rings. The molecule has 130 heavy (non-hydrogen) atoms. The number of para-hydroxylation sites is 1. The van der Waals surface area contributed by atoms with Gasteiger partial charge in [-0.05, 0) is 208 Å². The van der Waals surface area contributed by atoms with Crippen LogP contribution < -0.4 is 28.4 Å². The number of hydrogen-bond donors (Lipinski definition) is 0. The fraction of sp³-hybridized carbons (Fsp3) is 0.276. The number of thiophene rings is 1. The number of ether oxygens (including phenoxy) is 9. The van der Waals surface area contributed by atoms with Gasteiger partial charge < -0.3 is 42.6 Å². The number of carbonyl (C=O) groups excluding carboxylic acids is 5. The normalized spacial score (nSPS) is 10.3. The maximum Gasteiger partial charge on any atom is 0.416 e. The van der Waals surface area contributed by atoms with Gasteiger partial charge in [-0.15, -0.1) is 70.5 Å². The number of aryl methyl sites for hydroxylation is 1. The number of ketones is 1. The number of nitro benzene ring substituents is 1. The number of aromatic nitrogens is 3. The third kappa shape index (κ3) is 50.2. The number of carbonyl (C=O) groups is 5. The molecule has 0 radical (unpaired) electrons. The Kier molecular flexibility index (Phi) is 53.1. The van der Waals surface area contributed by atoms with Crippen molar-refractivity contribution < 1.29 is 84.7 Å². The maximum absolute atomic E-state index is 12.2. The van der Waals surface area contributed by atoms with E-state index in [0.29, 0.717) is 116 Å². The number of nitrogens with zero attached hydrogens (tertiary/aromatic N) is 5. The van der Waals surface area contributed by atoms with E-state index in [1.165, 1.54) is 58.3 Å². The SMILES string of the molecule is C=C(C)CCOC(=O)c1ccccc1.C=C(C)CCOC(=O)c1cccnc1.C=C(C)CCOC(=O)c1cccs1.C=C(C)CCOc1ccc(C#N)cc1.C=C(C)CCOc1ccc(C(F)(F)F)cc1.C=C(C)CCOc1ccc(C=O)cc1.C=C(C)CCOc1ccc([N+](=O)[O-])cc1.C=C(C)CCOc1ccc2c(c1)OCC2=O.C=C(C)CCn1ncc2ccccc21. The Morgan fingerprint density at radius 2 is 0.900 bits per heavy atom. The topological polar surface area (TPSA) is 266 Å². The third-order valence-corrected chi connectivity index (χ3v) is 17.9. The van der Waals surface area contributed by atoms with Crippen molar-refractivity contribution in [1.82, 2.24) is 14.8 Å². The molecular formula is C105H120F3N5O16S. The first kappa shape index (κ1) is 110. The minimum atomic E-state index is -4.30. The van der Waals surface area contributed by atoms with Gasteiger partial charge in [-0.2, -0.15) is 23.5 Å². The van der Waals surface area contributed by atoms with E-state index in [-0.39, 0.29) is 36.0 Å². The lowest BCUT2D eigenvalue weighted by Gasteiger charge is -2.09. The van der Waals surface area contributed by atoms with Crippen molar-refractivity contribution in [3.63, 3.8) is 0 Å². The average molecular weight is 1800 g/mol. The van der Waals surface area contributed by atoms with Crippen LogP contribution in [0.2, 0.25) is 0 Å². The predicted molar refractivity (Wildman–Crippen MR) is 512 cm³/mol. The van der Waals surface area contributed by atoms with E-state index in [2.05, 4.69) is 87.5 Å². The summed E-state index contributed by atoms with van der Waals surface area (Å²) in [4.78, 5) is 70.0. The van der Waals surface area contributed by atoms with Gasteiger partial charge in [-0.25, -0.2) is 14.4 Å². The van der Waals surface area contributed by atoms with Crippen LogP contribution in [-0.2, 0) is 26.9 Å². The molecule has 1 aliphatic heterocycles. The number of allylic oxidation sites excluding steroid dienone is 1. The summed E-state index contributed by atoms with van der Waals surface area (Å²) in [7, 11) is 0. The van der Waals surface area contributed by atoms with Crippen LogP contribution in [0.3, 0.4) is 0 Å². The second-order valence-corrected chi connectivity index (χ2v) is 30.9. The smallest absolute Gasteiger partial charge is 0.416 e. The van der Waals surface area contributed by atoms with Crippen LogP contribution in [0.5, 0.6) is 34.5 Å². The number of hydrogen-bond acceptors (Lipinski definition) is 20. The molecule has 0 saturated heterocycles. The molecule has 0 amide bonds. The maximum atomic E-state index is 12.2. The fourth-order valence-corrected chi connectivity index (χ4v) is 10.3. The van der Waals surface area contributed by atoms with Crippen LogP contribution in [0.1, 0.15) is 182 Å². The number of Topliss-reactive ketones (excluding diaryl/α,β-unsaturated/α-hetero) is 1. The van der Waals surface area contributed by atoms with Gasteiger partial charge in [0.25, 0.3) is 5.69 Å². The Balaban J connectivity index is 0.000000377. The number of pyridine rings is 1. The summed E-state index contributed by atoms with van der Waals surface area (Å²) in [5, 5.41) is 26.3. The summed E-state index contributed by atoms with van der Waals surface area (Å²) in [6.45, 7) is 56.5. The highest BCUT2D eigenvalue weighted by atomic mass is 32.1. The van der Waals surface area contributed by atoms with E-state index in [1.807, 2.05) is 115 Å². The van der Waals surface area contributed by atoms with Crippen LogP contribution in [-0.4, -0.2) is 109 Å². The number of rotatable bonds is 37. The van der Waals surface area contributed by atoms with Gasteiger partial charge in [0, 0.05) is 99.5 Å². The van der Waals surface area contributed by atoms with E-state index < -0.39 is 16.7 Å². The highest BCUT2D eigenvalue weighted by molar-refractivity contribution is 7.12. The molecule has 3 aromatic heterocycles. The van der Waals surface area contributed by atoms with E-state index >= 15 is 0 Å². The molecule has 0 bridgehead atoms. The summed E-state index contributed by atoms with van der Waals surface area (Å²) >= 11 is 1.39. The number of alkyl halides is 3. The third-order valence-electron chi connectivity index (χ3n) is 17.0. The summed E-state index contributed by atoms with van der Waals surface area (Å²) < 4.78 is 86.0. The number of nitriles is 1. The number of nitro groups is 1. The summed E-state index contributed by atoms with van der Waals surface area (Å²) in [5.41, 5.74) is 13.2. The molecule has 0 N–H and O–H groups in total. The number of esters is 3. The first-order chi connectivity index (χ1) is 62.0. The predicted octanol–water partition coefficient (Wildman–Crippen LogP) is 26.2. The standard InChI is InChI=1S/C13H14O3.C12H13F3O.C12H14N2.C12H13NO.2C12H14O2.C11H13NO3.C11H13NO2.C10H12O2S/c1-9(2)5-6-15-10-3-4-11-12(14)8-16-13(11)7-10;1-9(2)7-8-16-11-5-3-10(4-6-11)12(13,14)15;1-10(2)7-8-14-12-6-4-3-5-11(12)9-13-14;2*1-10(2)7-8-14-12-5-3-11(9-13)4-6-12;1-10(2)8-9-14-12(13)11-6-4-3-5-7-11;1-9(2)7-8-15-11-5-3-10(4-6-11)12(13)14;1-9(2)5-7-14-11(13)10-4-3-6-12-8-10;1-8(2)5-6-12-10(11)9-4-3-7-13-9/h3-4,7H,1,5-6,8H2,2H3;3-6H,1,7-8H2,2H3;3-6,9H,1,7-8H2,2H3;3-6H,1,7-8H2,2H3;3-6,9H,1,7-8H2,2H3;3-7H,1,8-9H2,2H3;3-6H,1,7-8H2,2H3;3-4,6,8H,1,5,7H2,2H3;3-4,7H,1,5-6H2,2H3. The zero-order valence-corrected chi connectivity index (χ0v) is 76.8. The van der Waals surface area contributed by atoms with Crippen LogP contribution >= 0.6 is 11.3 Å². The Bertz CT molecular complexity index is 5210. The molecule has 10 aromatic rings. The second-order valence-electron chi connectivity index (χ2n) is 30.0. The molecule has 21 nitrogen and oxygen atoms in total. The van der Waals surface area contributed by atoms with Gasteiger partial charge >= 0.3 is 24.1 Å². The summed E-state index contributed by atoms with van der Waals surface area (Å²) in [5.74, 6) is 3.21. The van der Waals surface area contributed by atoms with Crippen LogP contribution in [0.25, 0.3) is 10.9 Å². The van der Waals surface area contributed by atoms with Crippen molar-refractivity contribution in [3.8, 4) is 40.6 Å². The molecule has 7 aromatic carbocycles. The van der Waals surface area contributed by atoms with E-state index in [9.17, 15) is 47.3 Å². The fourth-order valence-electron chi connectivity index (χ4n) is 9.70. The average Bonchev–Trinajstić information content (AvgIpc) is 1.69. The number of halogens is 3. The summed E-state index contributed by atoms with van der Waals surface area (Å²) in [6.07, 6.45) is 8.72. The summed E-state index contributed by atoms with van der Waals surface area (Å²) in [6, 6.07) is 56.4. The molecule has 0 aliphatic carbocycles. The molecule has 0 saturated carbocycles. The Morgan fingerprint density at radius 1 is 0.492 bits per heavy atom. The molecule has 4 heterocycles. The zero-order chi connectivity index (χ0) is 96.2. The van der Waals surface area contributed by atoms with Gasteiger partial charge in [0.05, 0.1) is 103 Å². The van der Waals surface area contributed by atoms with Gasteiger partial charge in [0.15, 0.2) is 6.61 Å². The molecule has 0 unspecified atom stereocenters. The van der Waals surface area contributed by atoms with Gasteiger partial charge in [-0.3, -0.25) is 29.4 Å². The quantitative estimate of drug-likeness (QED) is 0.00874. The lowest BCUT2D eigenvalue weighted by atomic mass is 10.1. The first-order valence-electron chi connectivity index (χ1n) is 41.6. The number of benzene rings is 7. The van der Waals surface area contributed by atoms with Gasteiger partial charge in [0.2, 0.25) is 5.78 Å². The zero-order valence-electron chi connectivity index (χ0n) is 76.0. The molecule has 25 heteroatoms. The van der Waals surface area contributed by atoms with Crippen LogP contribution in [0.4, 0.5) is 18.9 Å². The van der Waals surface area contributed by atoms with Crippen molar-refractivity contribution >= 4 is 57.9 Å². The number of fused-ring (bicyclic) bond motifs is 2. The Labute approximate surface area is 767 Å². The van der Waals surface area contributed by atoms with E-state index in [1.54, 1.807) is 115 Å². The molecule has 688 valence electrons. The molecule has 0 spiro atoms. The molecule has 11 rings (SSSR count). The Morgan fingerprint density at radius 3 is 1.32 bits per heavy atom. The van der Waals surface area contributed by atoms with Gasteiger partial charge in [-0.1, -0.05) is 92.6 Å². The van der Waals surface area contributed by atoms with E-state index in [0.717, 1.165) is 132 Å². The van der Waals surface area contributed by atoms with Gasteiger partial charge in [0.1, 0.15) is 45.7 Å². The molecule has 0 atom stereocenters. The highest BCUT2D eigenvalue weighted by Crippen LogP contribution is 2.32. The minimum absolute atomic E-state index is 0.0310. The van der Waals surface area contributed by atoms with Crippen molar-refractivity contribution in [3.05, 3.63) is 376 Å². The number of non-ortho nitro benzene ring substituents is 1. The van der Waals surface area contributed by atoms with Crippen LogP contribution in [0, 0.1) is 21.4 Å². The van der Waals surface area contributed by atoms with Crippen molar-refractivity contribution in [2.75, 3.05) is 59.5 Å². The second kappa shape index (κ2) is 62.8. The Hall–Kier alpha value is -14.3. The lowest BCUT2D eigenvalue weighted by molar-refractivity contribution is -0.384. The van der Waals surface area contributed by atoms with Crippen molar-refractivity contribution in [1.29, 1.82) is 5.26 Å². The molecule has 1 aliphatic rings. The van der Waals surface area contributed by atoms with Crippen molar-refractivity contribution in [2.24, 2.45) is 0 Å². The lowest BCUT2D eigenvalue weighted by Crippen LogP contribution is -2.06. The first-order valence-corrected chi connectivity index (χ1v) is 42.5. The highest BCUT2D eigenvalue weighted by Gasteiger charge is 2.30. The monoisotopic (exact) mass is 1800 g/mol. The largest absolute Gasteiger partial charge is 0.493 e. The number of aldehydes is 1. The van der Waals surface area contributed by atoms with E-state index in [4.69, 9.17) is 47.9 Å². The molecular weight excluding hydrogens is 1680 g/mol. The minimum Gasteiger partial charge on any atom is -0.493 e. The van der Waals surface area contributed by atoms with Crippen LogP contribution in [0.15, 0.2) is 327 Å².